The van der Waals surface area contributed by atoms with Crippen LogP contribution in [0, 0.1) is 5.92 Å². The lowest BCUT2D eigenvalue weighted by Gasteiger charge is -2.30. The minimum atomic E-state index is -0.0823. The standard InChI is InChI=1S/C15H18N2OS/c1-10(2)8-17-14(18)13-7-11-5-3-4-6-12(11)9-16(13)15(17)19/h3-6,10,13H,7-9H2,1-2H3/t13-/m0/s1. The summed E-state index contributed by atoms with van der Waals surface area (Å²) in [7, 11) is 0. The molecule has 0 unspecified atom stereocenters. The smallest absolute Gasteiger partial charge is 0.251 e. The van der Waals surface area contributed by atoms with Gasteiger partial charge in [0, 0.05) is 19.5 Å². The molecule has 0 saturated carbocycles. The maximum Gasteiger partial charge on any atom is 0.251 e. The Balaban J connectivity index is 1.90. The molecule has 1 fully saturated rings. The molecule has 1 saturated heterocycles. The first kappa shape index (κ1) is 12.6. The van der Waals surface area contributed by atoms with Crippen molar-refractivity contribution in [3.05, 3.63) is 35.4 Å². The molecule has 0 bridgehead atoms. The Morgan fingerprint density at radius 2 is 2.00 bits per heavy atom. The van der Waals surface area contributed by atoms with Crippen molar-refractivity contribution in [2.75, 3.05) is 6.54 Å². The molecule has 1 atom stereocenters. The second-order valence-corrected chi connectivity index (χ2v) is 6.11. The number of benzene rings is 1. The van der Waals surface area contributed by atoms with Crippen LogP contribution in [0.15, 0.2) is 24.3 Å². The molecular formula is C15H18N2OS. The fraction of sp³-hybridized carbons (Fsp3) is 0.467. The van der Waals surface area contributed by atoms with Crippen molar-refractivity contribution in [2.45, 2.75) is 32.9 Å². The summed E-state index contributed by atoms with van der Waals surface area (Å²) < 4.78 is 0. The van der Waals surface area contributed by atoms with E-state index in [0.717, 1.165) is 19.5 Å². The Kier molecular flexibility index (Phi) is 3.05. The Hall–Kier alpha value is -1.42. The minimum Gasteiger partial charge on any atom is -0.332 e. The van der Waals surface area contributed by atoms with Crippen molar-refractivity contribution in [1.29, 1.82) is 0 Å². The summed E-state index contributed by atoms with van der Waals surface area (Å²) in [5.41, 5.74) is 2.58. The van der Waals surface area contributed by atoms with Crippen LogP contribution in [0.5, 0.6) is 0 Å². The van der Waals surface area contributed by atoms with Crippen LogP contribution in [0.4, 0.5) is 0 Å². The number of carbonyl (C=O) groups is 1. The number of fused-ring (bicyclic) bond motifs is 2. The number of carbonyl (C=O) groups excluding carboxylic acids is 1. The second-order valence-electron chi connectivity index (χ2n) is 5.74. The van der Waals surface area contributed by atoms with Gasteiger partial charge in [0.15, 0.2) is 5.11 Å². The molecule has 0 aliphatic carbocycles. The van der Waals surface area contributed by atoms with Gasteiger partial charge in [-0.25, -0.2) is 0 Å². The van der Waals surface area contributed by atoms with Gasteiger partial charge in [-0.3, -0.25) is 9.69 Å². The van der Waals surface area contributed by atoms with Crippen LogP contribution in [0.2, 0.25) is 0 Å². The van der Waals surface area contributed by atoms with E-state index in [-0.39, 0.29) is 11.9 Å². The fourth-order valence-electron chi connectivity index (χ4n) is 2.91. The Bertz CT molecular complexity index is 498. The van der Waals surface area contributed by atoms with Gasteiger partial charge in [0.1, 0.15) is 6.04 Å². The van der Waals surface area contributed by atoms with E-state index in [0.29, 0.717) is 11.0 Å². The summed E-state index contributed by atoms with van der Waals surface area (Å²) in [6.45, 7) is 5.71. The van der Waals surface area contributed by atoms with E-state index in [2.05, 4.69) is 30.9 Å². The Labute approximate surface area is 119 Å². The topological polar surface area (TPSA) is 23.6 Å². The van der Waals surface area contributed by atoms with Crippen molar-refractivity contribution < 1.29 is 4.79 Å². The predicted octanol–water partition coefficient (Wildman–Crippen LogP) is 2.20. The molecule has 1 aromatic rings. The lowest BCUT2D eigenvalue weighted by molar-refractivity contribution is -0.128. The van der Waals surface area contributed by atoms with Gasteiger partial charge in [-0.05, 0) is 29.3 Å². The molecule has 0 spiro atoms. The van der Waals surface area contributed by atoms with Crippen LogP contribution in [0.3, 0.4) is 0 Å². The van der Waals surface area contributed by atoms with Crippen LogP contribution in [-0.2, 0) is 17.8 Å². The Morgan fingerprint density at radius 1 is 1.32 bits per heavy atom. The summed E-state index contributed by atoms with van der Waals surface area (Å²) >= 11 is 5.49. The number of rotatable bonds is 2. The van der Waals surface area contributed by atoms with Crippen LogP contribution < -0.4 is 0 Å². The maximum absolute atomic E-state index is 12.5. The summed E-state index contributed by atoms with van der Waals surface area (Å²) in [4.78, 5) is 16.4. The largest absolute Gasteiger partial charge is 0.332 e. The molecule has 100 valence electrons. The van der Waals surface area contributed by atoms with Crippen molar-refractivity contribution in [3.8, 4) is 0 Å². The third kappa shape index (κ3) is 2.04. The number of nitrogens with zero attached hydrogens (tertiary/aromatic N) is 2. The van der Waals surface area contributed by atoms with E-state index >= 15 is 0 Å². The fourth-order valence-corrected chi connectivity index (χ4v) is 3.26. The highest BCUT2D eigenvalue weighted by Crippen LogP contribution is 2.30. The molecule has 0 N–H and O–H groups in total. The van der Waals surface area contributed by atoms with E-state index in [9.17, 15) is 4.79 Å². The molecule has 2 aliphatic heterocycles. The van der Waals surface area contributed by atoms with E-state index in [4.69, 9.17) is 12.2 Å². The van der Waals surface area contributed by atoms with E-state index in [1.807, 2.05) is 12.1 Å². The molecule has 0 aromatic heterocycles. The molecule has 19 heavy (non-hydrogen) atoms. The highest BCUT2D eigenvalue weighted by Gasteiger charge is 2.44. The molecule has 3 nitrogen and oxygen atoms in total. The zero-order valence-electron chi connectivity index (χ0n) is 11.3. The highest BCUT2D eigenvalue weighted by atomic mass is 32.1. The molecule has 2 heterocycles. The molecule has 1 amide bonds. The number of thiocarbonyl (C=S) groups is 1. The molecule has 1 aromatic carbocycles. The summed E-state index contributed by atoms with van der Waals surface area (Å²) in [5, 5.41) is 0.707. The van der Waals surface area contributed by atoms with Gasteiger partial charge in [-0.2, -0.15) is 0 Å². The van der Waals surface area contributed by atoms with Crippen LogP contribution in [0.1, 0.15) is 25.0 Å². The number of hydrogen-bond donors (Lipinski definition) is 0. The lowest BCUT2D eigenvalue weighted by atomic mass is 9.95. The van der Waals surface area contributed by atoms with Gasteiger partial charge in [-0.15, -0.1) is 0 Å². The van der Waals surface area contributed by atoms with Crippen LogP contribution in [-0.4, -0.2) is 33.4 Å². The van der Waals surface area contributed by atoms with Crippen molar-refractivity contribution in [3.63, 3.8) is 0 Å². The van der Waals surface area contributed by atoms with Crippen LogP contribution >= 0.6 is 12.2 Å². The quantitative estimate of drug-likeness (QED) is 0.772. The molecule has 4 heteroatoms. The molecule has 2 aliphatic rings. The van der Waals surface area contributed by atoms with Gasteiger partial charge < -0.3 is 4.90 Å². The van der Waals surface area contributed by atoms with E-state index in [1.54, 1.807) is 4.90 Å². The van der Waals surface area contributed by atoms with Crippen LogP contribution in [0.25, 0.3) is 0 Å². The van der Waals surface area contributed by atoms with Gasteiger partial charge in [0.25, 0.3) is 5.91 Å². The summed E-state index contributed by atoms with van der Waals surface area (Å²) in [6.07, 6.45) is 0.781. The van der Waals surface area contributed by atoms with Gasteiger partial charge in [0.2, 0.25) is 0 Å². The first-order valence-corrected chi connectivity index (χ1v) is 7.17. The molecular weight excluding hydrogens is 256 g/mol. The van der Waals surface area contributed by atoms with Crippen molar-refractivity contribution in [2.24, 2.45) is 5.92 Å². The minimum absolute atomic E-state index is 0.0823. The highest BCUT2D eigenvalue weighted by molar-refractivity contribution is 7.80. The van der Waals surface area contributed by atoms with E-state index in [1.165, 1.54) is 11.1 Å². The summed E-state index contributed by atoms with van der Waals surface area (Å²) in [5.74, 6) is 0.610. The molecule has 0 radical (unpaired) electrons. The lowest BCUT2D eigenvalue weighted by Crippen LogP contribution is -2.39. The zero-order chi connectivity index (χ0) is 13.6. The maximum atomic E-state index is 12.5. The monoisotopic (exact) mass is 274 g/mol. The average Bonchev–Trinajstić information content (AvgIpc) is 2.61. The van der Waals surface area contributed by atoms with Crippen molar-refractivity contribution in [1.82, 2.24) is 9.80 Å². The third-order valence-corrected chi connectivity index (χ3v) is 4.28. The first-order chi connectivity index (χ1) is 9.08. The third-order valence-electron chi connectivity index (χ3n) is 3.82. The average molecular weight is 274 g/mol. The summed E-state index contributed by atoms with van der Waals surface area (Å²) in [6, 6.07) is 8.25. The van der Waals surface area contributed by atoms with Gasteiger partial charge in [0.05, 0.1) is 0 Å². The first-order valence-electron chi connectivity index (χ1n) is 6.76. The number of amides is 1. The normalized spacial score (nSPS) is 21.9. The zero-order valence-corrected chi connectivity index (χ0v) is 12.1. The Morgan fingerprint density at radius 3 is 2.68 bits per heavy atom. The number of hydrogen-bond acceptors (Lipinski definition) is 2. The van der Waals surface area contributed by atoms with E-state index < -0.39 is 0 Å². The van der Waals surface area contributed by atoms with Crippen molar-refractivity contribution >= 4 is 23.2 Å². The van der Waals surface area contributed by atoms with Gasteiger partial charge in [-0.1, -0.05) is 38.1 Å². The second kappa shape index (κ2) is 4.60. The SMILES string of the molecule is CC(C)CN1C(=O)[C@@H]2Cc3ccccc3CN2C1=S. The molecule has 3 rings (SSSR count). The predicted molar refractivity (Wildman–Crippen MR) is 78.6 cm³/mol. The van der Waals surface area contributed by atoms with Gasteiger partial charge >= 0.3 is 0 Å².